The van der Waals surface area contributed by atoms with Crippen molar-refractivity contribution in [3.8, 4) is 17.2 Å². The van der Waals surface area contributed by atoms with Crippen molar-refractivity contribution in [1.29, 1.82) is 0 Å². The third kappa shape index (κ3) is 3.88. The van der Waals surface area contributed by atoms with Gasteiger partial charge in [-0.3, -0.25) is 0 Å². The zero-order valence-corrected chi connectivity index (χ0v) is 16.2. The Kier molecular flexibility index (Phi) is 5.89. The summed E-state index contributed by atoms with van der Waals surface area (Å²) >= 11 is 0. The Bertz CT molecular complexity index is 740. The minimum atomic E-state index is 0.672. The van der Waals surface area contributed by atoms with E-state index < -0.39 is 0 Å². The molecule has 1 N–H and O–H groups in total. The highest BCUT2D eigenvalue weighted by atomic mass is 16.5. The monoisotopic (exact) mass is 357 g/mol. The fourth-order valence-corrected chi connectivity index (χ4v) is 3.65. The van der Waals surface area contributed by atoms with E-state index in [1.807, 2.05) is 6.07 Å². The average molecular weight is 357 g/mol. The van der Waals surface area contributed by atoms with Crippen LogP contribution < -0.4 is 24.0 Å². The van der Waals surface area contributed by atoms with Gasteiger partial charge < -0.3 is 24.0 Å². The predicted octanol–water partition coefficient (Wildman–Crippen LogP) is 1.93. The zero-order chi connectivity index (χ0) is 18.5. The van der Waals surface area contributed by atoms with Crippen molar-refractivity contribution in [3.05, 3.63) is 47.5 Å². The first-order valence-electron chi connectivity index (χ1n) is 9.09. The third-order valence-corrected chi connectivity index (χ3v) is 5.06. The lowest BCUT2D eigenvalue weighted by Crippen LogP contribution is -3.13. The number of hydrogen-bond acceptors (Lipinski definition) is 4. The molecule has 5 nitrogen and oxygen atoms in total. The molecule has 0 amide bonds. The van der Waals surface area contributed by atoms with E-state index in [9.17, 15) is 0 Å². The van der Waals surface area contributed by atoms with Gasteiger partial charge in [-0.15, -0.1) is 0 Å². The molecule has 2 aromatic rings. The van der Waals surface area contributed by atoms with Crippen molar-refractivity contribution in [2.45, 2.75) is 13.5 Å². The second kappa shape index (κ2) is 8.32. The maximum Gasteiger partial charge on any atom is 0.203 e. The Morgan fingerprint density at radius 2 is 1.65 bits per heavy atom. The number of piperazine rings is 1. The van der Waals surface area contributed by atoms with Crippen molar-refractivity contribution in [3.63, 3.8) is 0 Å². The summed E-state index contributed by atoms with van der Waals surface area (Å²) in [6, 6.07) is 12.8. The molecule has 0 radical (unpaired) electrons. The van der Waals surface area contributed by atoms with Gasteiger partial charge in [0.15, 0.2) is 11.5 Å². The van der Waals surface area contributed by atoms with Crippen LogP contribution in [-0.4, -0.2) is 47.5 Å². The number of anilines is 1. The standard InChI is InChI=1S/C21H28N2O3/c1-16-6-5-7-18(14-16)23-12-10-22(11-13-23)15-17-8-9-19(24-2)21(26-4)20(17)25-3/h5-9,14H,10-13,15H2,1-4H3/p+1. The van der Waals surface area contributed by atoms with Crippen LogP contribution >= 0.6 is 0 Å². The average Bonchev–Trinajstić information content (AvgIpc) is 2.68. The lowest BCUT2D eigenvalue weighted by atomic mass is 10.1. The van der Waals surface area contributed by atoms with Gasteiger partial charge in [0.1, 0.15) is 6.54 Å². The topological polar surface area (TPSA) is 35.4 Å². The Morgan fingerprint density at radius 1 is 0.923 bits per heavy atom. The number of nitrogens with one attached hydrogen (secondary N) is 1. The normalized spacial score (nSPS) is 15.0. The summed E-state index contributed by atoms with van der Waals surface area (Å²) in [4.78, 5) is 4.03. The van der Waals surface area contributed by atoms with Gasteiger partial charge in [-0.1, -0.05) is 12.1 Å². The first-order chi connectivity index (χ1) is 12.7. The van der Waals surface area contributed by atoms with E-state index in [1.54, 1.807) is 26.2 Å². The lowest BCUT2D eigenvalue weighted by molar-refractivity contribution is -0.914. The largest absolute Gasteiger partial charge is 0.493 e. The van der Waals surface area contributed by atoms with Gasteiger partial charge in [-0.2, -0.15) is 0 Å². The first-order valence-corrected chi connectivity index (χ1v) is 9.09. The highest BCUT2D eigenvalue weighted by Crippen LogP contribution is 2.39. The van der Waals surface area contributed by atoms with Crippen molar-refractivity contribution in [2.75, 3.05) is 52.4 Å². The van der Waals surface area contributed by atoms with Crippen LogP contribution in [0.3, 0.4) is 0 Å². The molecule has 0 aromatic heterocycles. The van der Waals surface area contributed by atoms with E-state index in [-0.39, 0.29) is 0 Å². The smallest absolute Gasteiger partial charge is 0.203 e. The molecule has 5 heteroatoms. The molecule has 0 spiro atoms. The summed E-state index contributed by atoms with van der Waals surface area (Å²) in [5, 5.41) is 0. The van der Waals surface area contributed by atoms with E-state index in [0.717, 1.165) is 44.0 Å². The van der Waals surface area contributed by atoms with E-state index in [2.05, 4.69) is 42.2 Å². The van der Waals surface area contributed by atoms with Crippen LogP contribution in [0.4, 0.5) is 5.69 Å². The highest BCUT2D eigenvalue weighted by Gasteiger charge is 2.24. The van der Waals surface area contributed by atoms with Crippen LogP contribution in [-0.2, 0) is 6.54 Å². The summed E-state index contributed by atoms with van der Waals surface area (Å²) < 4.78 is 16.5. The second-order valence-corrected chi connectivity index (χ2v) is 6.75. The second-order valence-electron chi connectivity index (χ2n) is 6.75. The van der Waals surface area contributed by atoms with Gasteiger partial charge in [-0.25, -0.2) is 0 Å². The number of rotatable bonds is 6. The van der Waals surface area contributed by atoms with Gasteiger partial charge in [-0.05, 0) is 36.8 Å². The van der Waals surface area contributed by atoms with Crippen LogP contribution in [0.25, 0.3) is 0 Å². The van der Waals surface area contributed by atoms with Crippen molar-refractivity contribution >= 4 is 5.69 Å². The maximum absolute atomic E-state index is 5.63. The highest BCUT2D eigenvalue weighted by molar-refractivity contribution is 5.55. The summed E-state index contributed by atoms with van der Waals surface area (Å²) in [5.41, 5.74) is 3.80. The maximum atomic E-state index is 5.63. The molecular weight excluding hydrogens is 328 g/mol. The van der Waals surface area contributed by atoms with Crippen LogP contribution in [0.15, 0.2) is 36.4 Å². The first kappa shape index (κ1) is 18.4. The zero-order valence-electron chi connectivity index (χ0n) is 16.2. The molecule has 140 valence electrons. The molecule has 3 rings (SSSR count). The summed E-state index contributed by atoms with van der Waals surface area (Å²) in [6.07, 6.45) is 0. The van der Waals surface area contributed by atoms with Crippen molar-refractivity contribution in [1.82, 2.24) is 0 Å². The predicted molar refractivity (Wildman–Crippen MR) is 104 cm³/mol. The number of quaternary nitrogens is 1. The van der Waals surface area contributed by atoms with Crippen molar-refractivity contribution < 1.29 is 19.1 Å². The van der Waals surface area contributed by atoms with E-state index in [1.165, 1.54) is 11.3 Å². The fraction of sp³-hybridized carbons (Fsp3) is 0.429. The molecule has 0 bridgehead atoms. The summed E-state index contributed by atoms with van der Waals surface area (Å²) in [6.45, 7) is 7.40. The lowest BCUT2D eigenvalue weighted by Gasteiger charge is -2.34. The minimum absolute atomic E-state index is 0.672. The molecule has 1 saturated heterocycles. The number of ether oxygens (including phenoxy) is 3. The number of benzene rings is 2. The number of hydrogen-bond donors (Lipinski definition) is 1. The van der Waals surface area contributed by atoms with E-state index in [4.69, 9.17) is 14.2 Å². The Balaban J connectivity index is 1.68. The SMILES string of the molecule is COc1ccc(C[NH+]2CCN(c3cccc(C)c3)CC2)c(OC)c1OC. The van der Waals surface area contributed by atoms with Gasteiger partial charge in [0.25, 0.3) is 0 Å². The van der Waals surface area contributed by atoms with Gasteiger partial charge >= 0.3 is 0 Å². The molecule has 26 heavy (non-hydrogen) atoms. The Labute approximate surface area is 156 Å². The number of nitrogens with zero attached hydrogens (tertiary/aromatic N) is 1. The third-order valence-electron chi connectivity index (χ3n) is 5.06. The molecule has 0 saturated carbocycles. The molecule has 0 atom stereocenters. The molecule has 2 aromatic carbocycles. The molecular formula is C21H29N2O3+. The van der Waals surface area contributed by atoms with Crippen LogP contribution in [0, 0.1) is 6.92 Å². The molecule has 1 heterocycles. The van der Waals surface area contributed by atoms with Crippen LogP contribution in [0.1, 0.15) is 11.1 Å². The van der Waals surface area contributed by atoms with Gasteiger partial charge in [0, 0.05) is 5.69 Å². The molecule has 1 fully saturated rings. The fourth-order valence-electron chi connectivity index (χ4n) is 3.65. The number of aryl methyl sites for hydroxylation is 1. The summed E-state index contributed by atoms with van der Waals surface area (Å²) in [5.74, 6) is 2.15. The minimum Gasteiger partial charge on any atom is -0.493 e. The Morgan fingerprint density at radius 3 is 2.27 bits per heavy atom. The van der Waals surface area contributed by atoms with Crippen LogP contribution in [0.2, 0.25) is 0 Å². The molecule has 1 aliphatic rings. The van der Waals surface area contributed by atoms with E-state index in [0.29, 0.717) is 11.5 Å². The van der Waals surface area contributed by atoms with Crippen molar-refractivity contribution in [2.24, 2.45) is 0 Å². The molecule has 1 aliphatic heterocycles. The quantitative estimate of drug-likeness (QED) is 0.857. The number of methoxy groups -OCH3 is 3. The van der Waals surface area contributed by atoms with Crippen LogP contribution in [0.5, 0.6) is 17.2 Å². The molecule has 0 unspecified atom stereocenters. The van der Waals surface area contributed by atoms with E-state index >= 15 is 0 Å². The summed E-state index contributed by atoms with van der Waals surface area (Å²) in [7, 11) is 4.98. The Hall–Kier alpha value is -2.40. The van der Waals surface area contributed by atoms with Gasteiger partial charge in [0.05, 0.1) is 53.1 Å². The van der Waals surface area contributed by atoms with Gasteiger partial charge in [0.2, 0.25) is 5.75 Å². The molecule has 0 aliphatic carbocycles.